The number of hydrogen-bond acceptors (Lipinski definition) is 5. The molecule has 5 rings (SSSR count). The summed E-state index contributed by atoms with van der Waals surface area (Å²) >= 11 is 0. The molecule has 2 aliphatic heterocycles. The van der Waals surface area contributed by atoms with Gasteiger partial charge in [0.05, 0.1) is 6.61 Å². The molecule has 0 aromatic heterocycles. The fraction of sp³-hybridized carbons (Fsp3) is 0.556. The number of piperidine rings is 1. The summed E-state index contributed by atoms with van der Waals surface area (Å²) in [7, 11) is 0. The van der Waals surface area contributed by atoms with E-state index in [1.807, 2.05) is 23.1 Å². The predicted molar refractivity (Wildman–Crippen MR) is 170 cm³/mol. The van der Waals surface area contributed by atoms with Gasteiger partial charge in [-0.1, -0.05) is 86.0 Å². The first-order valence-corrected chi connectivity index (χ1v) is 16.4. The molecule has 0 unspecified atom stereocenters. The van der Waals surface area contributed by atoms with Gasteiger partial charge in [-0.15, -0.1) is 6.58 Å². The molecule has 232 valence electrons. The lowest BCUT2D eigenvalue weighted by Crippen LogP contribution is -2.49. The van der Waals surface area contributed by atoms with E-state index in [0.29, 0.717) is 31.4 Å². The number of hydrogen-bond donors (Lipinski definition) is 1. The molecule has 1 amide bonds. The van der Waals surface area contributed by atoms with Gasteiger partial charge in [0.25, 0.3) is 0 Å². The van der Waals surface area contributed by atoms with Crippen molar-refractivity contribution in [1.82, 2.24) is 14.7 Å². The van der Waals surface area contributed by atoms with Gasteiger partial charge in [-0.2, -0.15) is 0 Å². The first-order chi connectivity index (χ1) is 21.0. The second kappa shape index (κ2) is 15.5. The summed E-state index contributed by atoms with van der Waals surface area (Å²) in [6, 6.07) is 20.5. The van der Waals surface area contributed by atoms with Gasteiger partial charge >= 0.3 is 12.1 Å². The Morgan fingerprint density at radius 2 is 1.63 bits per heavy atom. The number of carbonyl (C=O) groups is 2. The molecule has 2 aromatic rings. The summed E-state index contributed by atoms with van der Waals surface area (Å²) in [6.45, 7) is 9.15. The molecule has 3 aliphatic rings. The van der Waals surface area contributed by atoms with Crippen LogP contribution in [-0.2, 0) is 16.0 Å². The number of carboxylic acid groups (broad SMARTS) is 1. The van der Waals surface area contributed by atoms with Crippen LogP contribution in [0.25, 0.3) is 0 Å². The van der Waals surface area contributed by atoms with Gasteiger partial charge in [-0.25, -0.2) is 4.79 Å². The van der Waals surface area contributed by atoms with E-state index in [0.717, 1.165) is 76.8 Å². The number of aliphatic carboxylic acids is 1. The van der Waals surface area contributed by atoms with Gasteiger partial charge in [-0.3, -0.25) is 9.69 Å². The average molecular weight is 588 g/mol. The van der Waals surface area contributed by atoms with Crippen molar-refractivity contribution in [3.8, 4) is 0 Å². The minimum Gasteiger partial charge on any atom is -0.480 e. The van der Waals surface area contributed by atoms with Crippen LogP contribution in [0.3, 0.4) is 0 Å². The predicted octanol–water partition coefficient (Wildman–Crippen LogP) is 6.07. The molecular weight excluding hydrogens is 538 g/mol. The number of rotatable bonds is 12. The lowest BCUT2D eigenvalue weighted by atomic mass is 9.83. The fourth-order valence-corrected chi connectivity index (χ4v) is 7.74. The number of amides is 1. The second-order valence-electron chi connectivity index (χ2n) is 12.7. The smallest absolute Gasteiger partial charge is 0.410 e. The van der Waals surface area contributed by atoms with E-state index >= 15 is 0 Å². The minimum atomic E-state index is -0.654. The van der Waals surface area contributed by atoms with Crippen LogP contribution in [-0.4, -0.2) is 89.8 Å². The number of carboxylic acids is 1. The topological polar surface area (TPSA) is 73.3 Å². The van der Waals surface area contributed by atoms with Gasteiger partial charge in [-0.05, 0) is 48.6 Å². The normalized spacial score (nSPS) is 23.1. The molecule has 0 spiro atoms. The third kappa shape index (κ3) is 8.27. The summed E-state index contributed by atoms with van der Waals surface area (Å²) in [6.07, 6.45) is 9.59. The number of benzene rings is 2. The lowest BCUT2D eigenvalue weighted by molar-refractivity contribution is -0.145. The highest BCUT2D eigenvalue weighted by atomic mass is 16.6. The third-order valence-corrected chi connectivity index (χ3v) is 9.95. The molecule has 1 N–H and O–H groups in total. The van der Waals surface area contributed by atoms with Crippen LogP contribution in [0.1, 0.15) is 62.0 Å². The monoisotopic (exact) mass is 587 g/mol. The first-order valence-electron chi connectivity index (χ1n) is 16.4. The van der Waals surface area contributed by atoms with Crippen molar-refractivity contribution in [3.05, 3.63) is 84.4 Å². The Morgan fingerprint density at radius 1 is 0.953 bits per heavy atom. The molecule has 1 saturated carbocycles. The summed E-state index contributed by atoms with van der Waals surface area (Å²) in [5.74, 6) is 0.288. The molecule has 2 heterocycles. The quantitative estimate of drug-likeness (QED) is 0.304. The molecular formula is C36H49N3O4. The maximum atomic E-state index is 13.1. The molecule has 7 heteroatoms. The van der Waals surface area contributed by atoms with Crippen molar-refractivity contribution in [2.75, 3.05) is 45.9 Å². The van der Waals surface area contributed by atoms with Gasteiger partial charge < -0.3 is 19.6 Å². The molecule has 2 aromatic carbocycles. The van der Waals surface area contributed by atoms with Crippen molar-refractivity contribution < 1.29 is 19.4 Å². The number of likely N-dealkylation sites (tertiary alicyclic amines) is 2. The molecule has 43 heavy (non-hydrogen) atoms. The summed E-state index contributed by atoms with van der Waals surface area (Å²) < 4.78 is 5.69. The highest BCUT2D eigenvalue weighted by Gasteiger charge is 2.43. The Labute approximate surface area is 257 Å². The van der Waals surface area contributed by atoms with Gasteiger partial charge in [0.2, 0.25) is 0 Å². The highest BCUT2D eigenvalue weighted by Crippen LogP contribution is 2.38. The van der Waals surface area contributed by atoms with E-state index in [1.54, 1.807) is 6.08 Å². The summed E-state index contributed by atoms with van der Waals surface area (Å²) in [4.78, 5) is 32.3. The van der Waals surface area contributed by atoms with E-state index in [-0.39, 0.29) is 24.1 Å². The summed E-state index contributed by atoms with van der Waals surface area (Å²) in [5, 5.41) is 10.3. The molecule has 0 bridgehead atoms. The van der Waals surface area contributed by atoms with E-state index in [2.05, 4.69) is 58.8 Å². The Hall–Kier alpha value is -3.16. The van der Waals surface area contributed by atoms with Crippen molar-refractivity contribution in [2.24, 2.45) is 11.8 Å². The van der Waals surface area contributed by atoms with Crippen LogP contribution < -0.4 is 0 Å². The van der Waals surface area contributed by atoms with Crippen LogP contribution in [0.4, 0.5) is 4.79 Å². The molecule has 1 aliphatic carbocycles. The van der Waals surface area contributed by atoms with Gasteiger partial charge in [0, 0.05) is 57.6 Å². The molecule has 3 fully saturated rings. The maximum absolute atomic E-state index is 13.1. The summed E-state index contributed by atoms with van der Waals surface area (Å²) in [5.41, 5.74) is 2.47. The third-order valence-electron chi connectivity index (χ3n) is 9.95. The van der Waals surface area contributed by atoms with Crippen LogP contribution in [0.2, 0.25) is 0 Å². The highest BCUT2D eigenvalue weighted by molar-refractivity contribution is 5.74. The largest absolute Gasteiger partial charge is 0.480 e. The number of nitrogens with zero attached hydrogens (tertiary/aromatic N) is 3. The van der Waals surface area contributed by atoms with Crippen LogP contribution >= 0.6 is 0 Å². The Bertz CT molecular complexity index is 1160. The fourth-order valence-electron chi connectivity index (χ4n) is 7.74. The van der Waals surface area contributed by atoms with E-state index in [4.69, 9.17) is 4.74 Å². The van der Waals surface area contributed by atoms with E-state index in [1.165, 1.54) is 12.0 Å². The number of carbonyl (C=O) groups excluding carboxylic acids is 1. The molecule has 2 saturated heterocycles. The van der Waals surface area contributed by atoms with Crippen molar-refractivity contribution >= 4 is 12.1 Å². The maximum Gasteiger partial charge on any atom is 0.410 e. The first kappa shape index (κ1) is 31.3. The Morgan fingerprint density at radius 3 is 2.28 bits per heavy atom. The standard InChI is InChI=1S/C36H49N3O4/c1-2-21-39(36(42)43-24-20-28-12-6-3-7-13-28)32-18-22-37(23-19-32)25-31-26-38(27-33(31)29-14-8-4-9-15-29)34(35(40)41)30-16-10-5-11-17-30/h2-4,6-9,12-15,30-34H,1,5,10-11,16-27H2,(H,40,41)/t31-,33+,34+/m0/s1. The minimum absolute atomic E-state index is 0.131. The Kier molecular flexibility index (Phi) is 11.3. The van der Waals surface area contributed by atoms with Gasteiger partial charge in [0.15, 0.2) is 0 Å². The molecule has 3 atom stereocenters. The SMILES string of the molecule is C=CCN(C(=O)OCCc1ccccc1)C1CCN(C[C@H]2CN([C@@H](C(=O)O)C3CCCCC3)C[C@@H]2c2ccccc2)CC1. The zero-order valence-electron chi connectivity index (χ0n) is 25.6. The van der Waals surface area contributed by atoms with Crippen LogP contribution in [0.15, 0.2) is 73.3 Å². The number of ether oxygens (including phenoxy) is 1. The van der Waals surface area contributed by atoms with E-state index < -0.39 is 5.97 Å². The average Bonchev–Trinajstić information content (AvgIpc) is 3.44. The van der Waals surface area contributed by atoms with E-state index in [9.17, 15) is 14.7 Å². The Balaban J connectivity index is 1.19. The zero-order chi connectivity index (χ0) is 30.0. The van der Waals surface area contributed by atoms with Gasteiger partial charge in [0.1, 0.15) is 6.04 Å². The lowest BCUT2D eigenvalue weighted by Gasteiger charge is -2.39. The molecule has 7 nitrogen and oxygen atoms in total. The zero-order valence-corrected chi connectivity index (χ0v) is 25.6. The van der Waals surface area contributed by atoms with Crippen LogP contribution in [0, 0.1) is 11.8 Å². The van der Waals surface area contributed by atoms with Crippen molar-refractivity contribution in [1.29, 1.82) is 0 Å². The second-order valence-corrected chi connectivity index (χ2v) is 12.7. The van der Waals surface area contributed by atoms with Crippen LogP contribution in [0.5, 0.6) is 0 Å². The van der Waals surface area contributed by atoms with Crippen molar-refractivity contribution in [2.45, 2.75) is 69.4 Å². The molecule has 0 radical (unpaired) electrons. The van der Waals surface area contributed by atoms with Crippen molar-refractivity contribution in [3.63, 3.8) is 0 Å².